The molecular weight excluding hydrogens is 318 g/mol. The smallest absolute Gasteiger partial charge is 0.190 e. The lowest BCUT2D eigenvalue weighted by molar-refractivity contribution is 0.173. The highest BCUT2D eigenvalue weighted by Crippen LogP contribution is 2.27. The summed E-state index contributed by atoms with van der Waals surface area (Å²) in [5.74, 6) is 0.460. The lowest BCUT2D eigenvalue weighted by Crippen LogP contribution is -2.42. The van der Waals surface area contributed by atoms with Gasteiger partial charge in [0.1, 0.15) is 4.21 Å². The van der Waals surface area contributed by atoms with E-state index in [-0.39, 0.29) is 5.75 Å². The molecule has 0 aromatic carbocycles. The molecule has 1 heterocycles. The molecule has 0 saturated heterocycles. The van der Waals surface area contributed by atoms with Crippen molar-refractivity contribution in [3.63, 3.8) is 0 Å². The van der Waals surface area contributed by atoms with Gasteiger partial charge in [-0.25, -0.2) is 8.42 Å². The first-order valence-corrected chi connectivity index (χ1v) is 10.7. The average molecular weight is 346 g/mol. The van der Waals surface area contributed by atoms with Crippen molar-refractivity contribution in [1.29, 1.82) is 0 Å². The van der Waals surface area contributed by atoms with Crippen LogP contribution in [-0.4, -0.2) is 38.0 Å². The standard InChI is InChI=1S/C16H27NO3S2/c1-2-15(13-7-4-3-5-8-13)17-11-14(18)12-22(19,20)16-9-6-10-21-16/h6,9-10,13-15,17-18H,2-5,7-8,11-12H2,1H3. The monoisotopic (exact) mass is 345 g/mol. The summed E-state index contributed by atoms with van der Waals surface area (Å²) in [5.41, 5.74) is 0. The first-order valence-electron chi connectivity index (χ1n) is 8.20. The van der Waals surface area contributed by atoms with Gasteiger partial charge in [0.2, 0.25) is 0 Å². The van der Waals surface area contributed by atoms with E-state index in [9.17, 15) is 13.5 Å². The topological polar surface area (TPSA) is 66.4 Å². The van der Waals surface area contributed by atoms with Crippen LogP contribution >= 0.6 is 11.3 Å². The lowest BCUT2D eigenvalue weighted by atomic mass is 9.83. The molecule has 22 heavy (non-hydrogen) atoms. The van der Waals surface area contributed by atoms with E-state index in [2.05, 4.69) is 12.2 Å². The number of aliphatic hydroxyl groups is 1. The number of hydrogen-bond donors (Lipinski definition) is 2. The van der Waals surface area contributed by atoms with Crippen LogP contribution in [0, 0.1) is 5.92 Å². The highest BCUT2D eigenvalue weighted by Gasteiger charge is 2.24. The van der Waals surface area contributed by atoms with Gasteiger partial charge in [0.15, 0.2) is 9.84 Å². The van der Waals surface area contributed by atoms with E-state index in [1.807, 2.05) is 0 Å². The molecule has 0 bridgehead atoms. The summed E-state index contributed by atoms with van der Waals surface area (Å²) in [4.78, 5) is 0. The minimum Gasteiger partial charge on any atom is -0.391 e. The van der Waals surface area contributed by atoms with E-state index in [1.54, 1.807) is 17.5 Å². The minimum atomic E-state index is -3.37. The summed E-state index contributed by atoms with van der Waals surface area (Å²) >= 11 is 1.20. The Balaban J connectivity index is 1.82. The number of thiophene rings is 1. The van der Waals surface area contributed by atoms with Gasteiger partial charge in [-0.05, 0) is 36.6 Å². The Bertz CT molecular complexity index is 522. The Hall–Kier alpha value is -0.430. The molecule has 6 heteroatoms. The third-order valence-electron chi connectivity index (χ3n) is 4.49. The van der Waals surface area contributed by atoms with Crippen molar-refractivity contribution in [1.82, 2.24) is 5.32 Å². The third-order valence-corrected chi connectivity index (χ3v) is 7.77. The van der Waals surface area contributed by atoms with Crippen molar-refractivity contribution in [3.8, 4) is 0 Å². The predicted octanol–water partition coefficient (Wildman–Crippen LogP) is 2.83. The summed E-state index contributed by atoms with van der Waals surface area (Å²) in [6.07, 6.45) is 6.56. The molecule has 1 aliphatic carbocycles. The molecular formula is C16H27NO3S2. The summed E-state index contributed by atoms with van der Waals surface area (Å²) in [6.45, 7) is 2.50. The zero-order valence-corrected chi connectivity index (χ0v) is 14.8. The molecule has 4 nitrogen and oxygen atoms in total. The van der Waals surface area contributed by atoms with Gasteiger partial charge in [-0.2, -0.15) is 0 Å². The maximum absolute atomic E-state index is 12.1. The summed E-state index contributed by atoms with van der Waals surface area (Å²) in [7, 11) is -3.37. The molecule has 2 atom stereocenters. The molecule has 1 saturated carbocycles. The van der Waals surface area contributed by atoms with Gasteiger partial charge in [-0.3, -0.25) is 0 Å². The van der Waals surface area contributed by atoms with Crippen LogP contribution in [0.3, 0.4) is 0 Å². The quantitative estimate of drug-likeness (QED) is 0.760. The number of rotatable bonds is 8. The third kappa shape index (κ3) is 5.05. The van der Waals surface area contributed by atoms with Crippen LogP contribution in [0.1, 0.15) is 45.4 Å². The molecule has 0 aliphatic heterocycles. The molecule has 0 radical (unpaired) electrons. The molecule has 1 fully saturated rings. The highest BCUT2D eigenvalue weighted by atomic mass is 32.2. The molecule has 2 N–H and O–H groups in total. The Morgan fingerprint density at radius 3 is 2.68 bits per heavy atom. The fraction of sp³-hybridized carbons (Fsp3) is 0.750. The number of hydrogen-bond acceptors (Lipinski definition) is 5. The van der Waals surface area contributed by atoms with Gasteiger partial charge in [-0.15, -0.1) is 11.3 Å². The first-order chi connectivity index (χ1) is 10.5. The second-order valence-corrected chi connectivity index (χ2v) is 9.40. The van der Waals surface area contributed by atoms with Crippen LogP contribution in [0.5, 0.6) is 0 Å². The normalized spacial score (nSPS) is 19.9. The maximum atomic E-state index is 12.1. The van der Waals surface area contributed by atoms with Crippen molar-refractivity contribution in [2.75, 3.05) is 12.3 Å². The SMILES string of the molecule is CCC(NCC(O)CS(=O)(=O)c1cccs1)C1CCCCC1. The molecule has 1 aromatic heterocycles. The van der Waals surface area contributed by atoms with E-state index in [1.165, 1.54) is 43.4 Å². The Labute approximate surface area is 137 Å². The van der Waals surface area contributed by atoms with Crippen LogP contribution in [0.15, 0.2) is 21.7 Å². The molecule has 0 amide bonds. The van der Waals surface area contributed by atoms with Crippen molar-refractivity contribution in [2.45, 2.75) is 61.8 Å². The van der Waals surface area contributed by atoms with Crippen LogP contribution in [0.25, 0.3) is 0 Å². The molecule has 1 aromatic rings. The number of aliphatic hydroxyl groups excluding tert-OH is 1. The van der Waals surface area contributed by atoms with E-state index in [0.29, 0.717) is 22.7 Å². The maximum Gasteiger partial charge on any atom is 0.190 e. The fourth-order valence-electron chi connectivity index (χ4n) is 3.30. The van der Waals surface area contributed by atoms with Gasteiger partial charge in [0, 0.05) is 12.6 Å². The van der Waals surface area contributed by atoms with E-state index in [4.69, 9.17) is 0 Å². The number of nitrogens with one attached hydrogen (secondary N) is 1. The largest absolute Gasteiger partial charge is 0.391 e. The van der Waals surface area contributed by atoms with Gasteiger partial charge in [-0.1, -0.05) is 32.3 Å². The van der Waals surface area contributed by atoms with Crippen molar-refractivity contribution >= 4 is 21.2 Å². The van der Waals surface area contributed by atoms with E-state index in [0.717, 1.165) is 6.42 Å². The van der Waals surface area contributed by atoms with E-state index < -0.39 is 15.9 Å². The van der Waals surface area contributed by atoms with Crippen LogP contribution in [0.2, 0.25) is 0 Å². The Kier molecular flexibility index (Phi) is 6.87. The highest BCUT2D eigenvalue weighted by molar-refractivity contribution is 7.93. The summed E-state index contributed by atoms with van der Waals surface area (Å²) in [5, 5.41) is 15.2. The van der Waals surface area contributed by atoms with Crippen LogP contribution < -0.4 is 5.32 Å². The zero-order chi connectivity index (χ0) is 16.0. The molecule has 126 valence electrons. The average Bonchev–Trinajstić information content (AvgIpc) is 3.03. The zero-order valence-electron chi connectivity index (χ0n) is 13.2. The second-order valence-electron chi connectivity index (χ2n) is 6.19. The van der Waals surface area contributed by atoms with Crippen molar-refractivity contribution in [3.05, 3.63) is 17.5 Å². The van der Waals surface area contributed by atoms with Gasteiger partial charge in [0.05, 0.1) is 11.9 Å². The number of sulfone groups is 1. The van der Waals surface area contributed by atoms with Crippen LogP contribution in [0.4, 0.5) is 0 Å². The molecule has 0 spiro atoms. The van der Waals surface area contributed by atoms with Crippen molar-refractivity contribution in [2.24, 2.45) is 5.92 Å². The van der Waals surface area contributed by atoms with Gasteiger partial charge in [0.25, 0.3) is 0 Å². The van der Waals surface area contributed by atoms with Crippen LogP contribution in [-0.2, 0) is 9.84 Å². The Morgan fingerprint density at radius 2 is 2.09 bits per heavy atom. The molecule has 1 aliphatic rings. The minimum absolute atomic E-state index is 0.207. The lowest BCUT2D eigenvalue weighted by Gasteiger charge is -2.31. The van der Waals surface area contributed by atoms with Gasteiger partial charge >= 0.3 is 0 Å². The predicted molar refractivity (Wildman–Crippen MR) is 91.0 cm³/mol. The summed E-state index contributed by atoms with van der Waals surface area (Å²) < 4.78 is 24.6. The van der Waals surface area contributed by atoms with Crippen molar-refractivity contribution < 1.29 is 13.5 Å². The van der Waals surface area contributed by atoms with Gasteiger partial charge < -0.3 is 10.4 Å². The second kappa shape index (κ2) is 8.43. The fourth-order valence-corrected chi connectivity index (χ4v) is 5.78. The van der Waals surface area contributed by atoms with E-state index >= 15 is 0 Å². The Morgan fingerprint density at radius 1 is 1.36 bits per heavy atom. The molecule has 2 rings (SSSR count). The first kappa shape index (κ1) is 17.9. The summed E-state index contributed by atoms with van der Waals surface area (Å²) in [6, 6.07) is 3.70. The molecule has 2 unspecified atom stereocenters.